The summed E-state index contributed by atoms with van der Waals surface area (Å²) < 4.78 is 4.94. The van der Waals surface area contributed by atoms with Crippen molar-refractivity contribution in [1.82, 2.24) is 10.2 Å². The summed E-state index contributed by atoms with van der Waals surface area (Å²) in [5.41, 5.74) is 0. The highest BCUT2D eigenvalue weighted by Gasteiger charge is 2.30. The lowest BCUT2D eigenvalue weighted by molar-refractivity contribution is -0.131. The van der Waals surface area contributed by atoms with Gasteiger partial charge in [-0.3, -0.25) is 4.79 Å². The summed E-state index contributed by atoms with van der Waals surface area (Å²) in [4.78, 5) is 15.1. The van der Waals surface area contributed by atoms with Crippen molar-refractivity contribution in [1.29, 1.82) is 0 Å². The van der Waals surface area contributed by atoms with E-state index in [9.17, 15) is 9.90 Å². The first kappa shape index (κ1) is 19.4. The molecule has 2 rings (SSSR count). The molecule has 0 aromatic carbocycles. The fraction of sp³-hybridized carbons (Fsp3) is 0.667. The minimum Gasteiger partial charge on any atom is -0.387 e. The molecule has 1 aromatic rings. The smallest absolute Gasteiger partial charge is 0.236 e. The Morgan fingerprint density at radius 1 is 1.64 bits per heavy atom. The molecule has 2 unspecified atom stereocenters. The summed E-state index contributed by atoms with van der Waals surface area (Å²) in [6.45, 7) is 2.42. The minimum absolute atomic E-state index is 0. The maximum atomic E-state index is 12.2. The zero-order valence-corrected chi connectivity index (χ0v) is 14.5. The SMILES string of the molecule is COCCNCC(=O)N1CCCC1CC(O)c1cccs1.Cl. The van der Waals surface area contributed by atoms with Crippen molar-refractivity contribution in [2.45, 2.75) is 31.4 Å². The molecule has 0 bridgehead atoms. The maximum absolute atomic E-state index is 12.2. The van der Waals surface area contributed by atoms with E-state index in [-0.39, 0.29) is 24.4 Å². The van der Waals surface area contributed by atoms with Crippen LogP contribution in [0.5, 0.6) is 0 Å². The minimum atomic E-state index is -0.468. The van der Waals surface area contributed by atoms with E-state index in [1.165, 1.54) is 0 Å². The average molecular weight is 349 g/mol. The molecule has 1 aliphatic heterocycles. The van der Waals surface area contributed by atoms with E-state index in [1.54, 1.807) is 18.4 Å². The summed E-state index contributed by atoms with van der Waals surface area (Å²) in [5.74, 6) is 0.118. The molecule has 0 aliphatic carbocycles. The molecule has 2 heterocycles. The van der Waals surface area contributed by atoms with Crippen molar-refractivity contribution < 1.29 is 14.6 Å². The molecule has 1 fully saturated rings. The predicted molar refractivity (Wildman–Crippen MR) is 90.6 cm³/mol. The monoisotopic (exact) mass is 348 g/mol. The number of hydrogen-bond acceptors (Lipinski definition) is 5. The van der Waals surface area contributed by atoms with Crippen LogP contribution in [0.2, 0.25) is 0 Å². The number of amides is 1. The highest BCUT2D eigenvalue weighted by Crippen LogP contribution is 2.29. The number of nitrogens with one attached hydrogen (secondary N) is 1. The van der Waals surface area contributed by atoms with E-state index in [4.69, 9.17) is 4.74 Å². The van der Waals surface area contributed by atoms with Crippen molar-refractivity contribution in [2.75, 3.05) is 33.4 Å². The number of methoxy groups -OCH3 is 1. The summed E-state index contributed by atoms with van der Waals surface area (Å²) >= 11 is 1.56. The molecule has 0 spiro atoms. The van der Waals surface area contributed by atoms with E-state index >= 15 is 0 Å². The number of aliphatic hydroxyl groups excluding tert-OH is 1. The molecule has 1 saturated heterocycles. The quantitative estimate of drug-likeness (QED) is 0.703. The van der Waals surface area contributed by atoms with E-state index in [1.807, 2.05) is 22.4 Å². The van der Waals surface area contributed by atoms with Gasteiger partial charge in [0.1, 0.15) is 0 Å². The van der Waals surface area contributed by atoms with Gasteiger partial charge in [-0.1, -0.05) is 6.07 Å². The molecule has 7 heteroatoms. The average Bonchev–Trinajstić information content (AvgIpc) is 3.14. The van der Waals surface area contributed by atoms with Crippen molar-refractivity contribution in [3.8, 4) is 0 Å². The first-order valence-electron chi connectivity index (χ1n) is 7.43. The van der Waals surface area contributed by atoms with Crippen molar-refractivity contribution in [2.24, 2.45) is 0 Å². The zero-order chi connectivity index (χ0) is 15.1. The van der Waals surface area contributed by atoms with Gasteiger partial charge in [0, 0.05) is 31.1 Å². The predicted octanol–water partition coefficient (Wildman–Crippen LogP) is 1.82. The van der Waals surface area contributed by atoms with E-state index in [2.05, 4.69) is 5.32 Å². The van der Waals surface area contributed by atoms with Crippen LogP contribution in [0.15, 0.2) is 17.5 Å². The van der Waals surface area contributed by atoms with Gasteiger partial charge >= 0.3 is 0 Å². The third-order valence-corrected chi connectivity index (χ3v) is 4.80. The Labute approximate surface area is 142 Å². The van der Waals surface area contributed by atoms with Crippen LogP contribution in [0, 0.1) is 0 Å². The van der Waals surface area contributed by atoms with E-state index in [0.29, 0.717) is 26.1 Å². The number of ether oxygens (including phenoxy) is 1. The molecule has 2 N–H and O–H groups in total. The van der Waals surface area contributed by atoms with Crippen LogP contribution in [-0.4, -0.2) is 55.3 Å². The normalized spacial score (nSPS) is 19.0. The largest absolute Gasteiger partial charge is 0.387 e. The Morgan fingerprint density at radius 3 is 3.14 bits per heavy atom. The molecule has 126 valence electrons. The Bertz CT molecular complexity index is 430. The number of carbonyl (C=O) groups excluding carboxylic acids is 1. The van der Waals surface area contributed by atoms with Gasteiger partial charge in [-0.25, -0.2) is 0 Å². The van der Waals surface area contributed by atoms with Gasteiger partial charge in [-0.2, -0.15) is 0 Å². The molecular weight excluding hydrogens is 324 g/mol. The standard InChI is InChI=1S/C15H24N2O3S.ClH/c1-20-8-6-16-11-15(19)17-7-2-4-12(17)10-13(18)14-5-3-9-21-14;/h3,5,9,12-13,16,18H,2,4,6-8,10-11H2,1H3;1H. The van der Waals surface area contributed by atoms with Crippen molar-refractivity contribution in [3.05, 3.63) is 22.4 Å². The van der Waals surface area contributed by atoms with Gasteiger partial charge in [-0.05, 0) is 30.7 Å². The van der Waals surface area contributed by atoms with Crippen LogP contribution in [0.4, 0.5) is 0 Å². The number of thiophene rings is 1. The number of hydrogen-bond donors (Lipinski definition) is 2. The summed E-state index contributed by atoms with van der Waals surface area (Å²) in [6, 6.07) is 4.04. The summed E-state index contributed by atoms with van der Waals surface area (Å²) in [7, 11) is 1.64. The van der Waals surface area contributed by atoms with Crippen molar-refractivity contribution in [3.63, 3.8) is 0 Å². The molecule has 0 saturated carbocycles. The molecule has 1 aromatic heterocycles. The van der Waals surface area contributed by atoms with Gasteiger partial charge in [0.2, 0.25) is 5.91 Å². The maximum Gasteiger partial charge on any atom is 0.236 e. The number of carbonyl (C=O) groups is 1. The van der Waals surface area contributed by atoms with Crippen LogP contribution < -0.4 is 5.32 Å². The van der Waals surface area contributed by atoms with E-state index in [0.717, 1.165) is 24.3 Å². The summed E-state index contributed by atoms with van der Waals surface area (Å²) in [5, 5.41) is 15.3. The molecule has 1 amide bonds. The highest BCUT2D eigenvalue weighted by atomic mass is 35.5. The summed E-state index contributed by atoms with van der Waals surface area (Å²) in [6.07, 6.45) is 2.16. The van der Waals surface area contributed by atoms with Crippen LogP contribution in [-0.2, 0) is 9.53 Å². The highest BCUT2D eigenvalue weighted by molar-refractivity contribution is 7.10. The van der Waals surface area contributed by atoms with E-state index < -0.39 is 6.10 Å². The Kier molecular flexibility index (Phi) is 8.97. The van der Waals surface area contributed by atoms with Crippen LogP contribution >= 0.6 is 23.7 Å². The molecule has 2 atom stereocenters. The first-order chi connectivity index (χ1) is 10.2. The van der Waals surface area contributed by atoms with Crippen LogP contribution in [0.3, 0.4) is 0 Å². The fourth-order valence-corrected chi connectivity index (χ4v) is 3.46. The second-order valence-corrected chi connectivity index (χ2v) is 6.30. The zero-order valence-electron chi connectivity index (χ0n) is 12.9. The lowest BCUT2D eigenvalue weighted by atomic mass is 10.1. The molecule has 0 radical (unpaired) electrons. The molecule has 5 nitrogen and oxygen atoms in total. The number of nitrogens with zero attached hydrogens (tertiary/aromatic N) is 1. The van der Waals surface area contributed by atoms with Gasteiger partial charge in [0.25, 0.3) is 0 Å². The van der Waals surface area contributed by atoms with Gasteiger partial charge in [-0.15, -0.1) is 23.7 Å². The Balaban J connectivity index is 0.00000242. The lowest BCUT2D eigenvalue weighted by Crippen LogP contribution is -2.42. The number of likely N-dealkylation sites (tertiary alicyclic amines) is 1. The Hall–Kier alpha value is -0.660. The number of rotatable bonds is 8. The first-order valence-corrected chi connectivity index (χ1v) is 8.31. The van der Waals surface area contributed by atoms with Gasteiger partial charge in [0.15, 0.2) is 0 Å². The molecule has 1 aliphatic rings. The van der Waals surface area contributed by atoms with Crippen LogP contribution in [0.1, 0.15) is 30.2 Å². The second kappa shape index (κ2) is 10.2. The third-order valence-electron chi connectivity index (χ3n) is 3.82. The van der Waals surface area contributed by atoms with Gasteiger partial charge < -0.3 is 20.1 Å². The molecule has 22 heavy (non-hydrogen) atoms. The Morgan fingerprint density at radius 2 is 2.45 bits per heavy atom. The fourth-order valence-electron chi connectivity index (χ4n) is 2.73. The number of aliphatic hydroxyl groups is 1. The molecular formula is C15H25ClN2O3S. The topological polar surface area (TPSA) is 61.8 Å². The van der Waals surface area contributed by atoms with Crippen LogP contribution in [0.25, 0.3) is 0 Å². The van der Waals surface area contributed by atoms with Crippen molar-refractivity contribution >= 4 is 29.7 Å². The number of halogens is 1. The third kappa shape index (κ3) is 5.52. The lowest BCUT2D eigenvalue weighted by Gasteiger charge is -2.26. The van der Waals surface area contributed by atoms with Gasteiger partial charge in [0.05, 0.1) is 19.3 Å². The second-order valence-electron chi connectivity index (χ2n) is 5.32.